The molecule has 0 aromatic carbocycles. The van der Waals surface area contributed by atoms with Gasteiger partial charge in [-0.15, -0.1) is 11.3 Å². The maximum atomic E-state index is 10.9. The molecule has 0 aliphatic heterocycles. The summed E-state index contributed by atoms with van der Waals surface area (Å²) in [6.07, 6.45) is 3.81. The van der Waals surface area contributed by atoms with Gasteiger partial charge in [-0.1, -0.05) is 13.8 Å². The van der Waals surface area contributed by atoms with Gasteiger partial charge in [0, 0.05) is 4.88 Å². The second-order valence-electron chi connectivity index (χ2n) is 5.70. The molecule has 3 nitrogen and oxygen atoms in total. The third-order valence-corrected chi connectivity index (χ3v) is 5.34. The van der Waals surface area contributed by atoms with Crippen LogP contribution in [0.3, 0.4) is 0 Å². The van der Waals surface area contributed by atoms with Crippen LogP contribution in [-0.2, 0) is 11.3 Å². The summed E-state index contributed by atoms with van der Waals surface area (Å²) < 4.78 is 5.98. The van der Waals surface area contributed by atoms with E-state index in [9.17, 15) is 4.79 Å². The highest BCUT2D eigenvalue weighted by Crippen LogP contribution is 2.32. The molecule has 3 unspecified atom stereocenters. The van der Waals surface area contributed by atoms with E-state index < -0.39 is 5.97 Å². The standard InChI is InChI=1S/C15H22O3S/c1-9-4-5-13(6-10(9)2)18-8-12-7-14(15(16)17)19-11(12)3/h7,9-10,13H,4-6,8H2,1-3H3,(H,16,17). The molecule has 4 heteroatoms. The van der Waals surface area contributed by atoms with Crippen molar-refractivity contribution in [2.45, 2.75) is 52.7 Å². The number of thiophene rings is 1. The lowest BCUT2D eigenvalue weighted by Gasteiger charge is -2.31. The Bertz CT molecular complexity index is 452. The van der Waals surface area contributed by atoms with Gasteiger partial charge in [0.1, 0.15) is 4.88 Å². The molecular weight excluding hydrogens is 260 g/mol. The summed E-state index contributed by atoms with van der Waals surface area (Å²) in [6.45, 7) is 7.10. The lowest BCUT2D eigenvalue weighted by atomic mass is 9.80. The Labute approximate surface area is 118 Å². The fourth-order valence-corrected chi connectivity index (χ4v) is 3.49. The van der Waals surface area contributed by atoms with Crippen LogP contribution in [0.2, 0.25) is 0 Å². The summed E-state index contributed by atoms with van der Waals surface area (Å²) in [5, 5.41) is 8.97. The molecule has 106 valence electrons. The number of hydrogen-bond acceptors (Lipinski definition) is 3. The maximum absolute atomic E-state index is 10.9. The highest BCUT2D eigenvalue weighted by atomic mass is 32.1. The van der Waals surface area contributed by atoms with Crippen molar-refractivity contribution in [3.8, 4) is 0 Å². The molecule has 1 aliphatic carbocycles. The Morgan fingerprint density at radius 1 is 1.42 bits per heavy atom. The predicted molar refractivity (Wildman–Crippen MR) is 76.8 cm³/mol. The quantitative estimate of drug-likeness (QED) is 0.904. The number of hydrogen-bond donors (Lipinski definition) is 1. The van der Waals surface area contributed by atoms with Crippen molar-refractivity contribution in [3.05, 3.63) is 21.4 Å². The lowest BCUT2D eigenvalue weighted by molar-refractivity contribution is -0.00749. The van der Waals surface area contributed by atoms with E-state index in [1.807, 2.05) is 6.92 Å². The van der Waals surface area contributed by atoms with E-state index in [4.69, 9.17) is 9.84 Å². The highest BCUT2D eigenvalue weighted by molar-refractivity contribution is 7.14. The van der Waals surface area contributed by atoms with Gasteiger partial charge in [-0.25, -0.2) is 4.79 Å². The summed E-state index contributed by atoms with van der Waals surface area (Å²) in [5.41, 5.74) is 1.02. The van der Waals surface area contributed by atoms with Crippen molar-refractivity contribution in [2.75, 3.05) is 0 Å². The van der Waals surface area contributed by atoms with Crippen LogP contribution in [0.15, 0.2) is 6.07 Å². The second kappa shape index (κ2) is 6.06. The Balaban J connectivity index is 1.90. The largest absolute Gasteiger partial charge is 0.477 e. The van der Waals surface area contributed by atoms with Crippen molar-refractivity contribution in [1.29, 1.82) is 0 Å². The third kappa shape index (κ3) is 3.57. The molecule has 1 heterocycles. The molecule has 1 aromatic heterocycles. The minimum atomic E-state index is -0.848. The minimum Gasteiger partial charge on any atom is -0.477 e. The molecule has 3 atom stereocenters. The van der Waals surface area contributed by atoms with E-state index in [0.717, 1.165) is 35.1 Å². The molecular formula is C15H22O3S. The van der Waals surface area contributed by atoms with Gasteiger partial charge in [-0.2, -0.15) is 0 Å². The number of carbonyl (C=O) groups is 1. The smallest absolute Gasteiger partial charge is 0.345 e. The van der Waals surface area contributed by atoms with E-state index in [2.05, 4.69) is 13.8 Å². The van der Waals surface area contributed by atoms with Gasteiger partial charge in [0.25, 0.3) is 0 Å². The summed E-state index contributed by atoms with van der Waals surface area (Å²) in [5.74, 6) is 0.665. The SMILES string of the molecule is Cc1sc(C(=O)O)cc1COC1CCC(C)C(C)C1. The topological polar surface area (TPSA) is 46.5 Å². The van der Waals surface area contributed by atoms with Gasteiger partial charge in [0.05, 0.1) is 12.7 Å². The lowest BCUT2D eigenvalue weighted by Crippen LogP contribution is -2.26. The molecule has 0 amide bonds. The number of rotatable bonds is 4. The van der Waals surface area contributed by atoms with Crippen LogP contribution in [-0.4, -0.2) is 17.2 Å². The molecule has 1 fully saturated rings. The average Bonchev–Trinajstić information content (AvgIpc) is 2.73. The van der Waals surface area contributed by atoms with Crippen molar-refractivity contribution < 1.29 is 14.6 Å². The maximum Gasteiger partial charge on any atom is 0.345 e. The van der Waals surface area contributed by atoms with E-state index in [1.165, 1.54) is 17.8 Å². The van der Waals surface area contributed by atoms with E-state index in [0.29, 0.717) is 17.6 Å². The molecule has 0 bridgehead atoms. The summed E-state index contributed by atoms with van der Waals surface area (Å²) in [6, 6.07) is 1.75. The van der Waals surface area contributed by atoms with Crippen LogP contribution in [0, 0.1) is 18.8 Å². The van der Waals surface area contributed by atoms with Gasteiger partial charge in [0.2, 0.25) is 0 Å². The molecule has 1 aliphatic rings. The molecule has 19 heavy (non-hydrogen) atoms. The van der Waals surface area contributed by atoms with E-state index in [1.54, 1.807) is 6.07 Å². The molecule has 2 rings (SSSR count). The minimum absolute atomic E-state index is 0.332. The summed E-state index contributed by atoms with van der Waals surface area (Å²) >= 11 is 1.33. The van der Waals surface area contributed by atoms with E-state index in [-0.39, 0.29) is 0 Å². The molecule has 1 aromatic rings. The average molecular weight is 282 g/mol. The zero-order valence-electron chi connectivity index (χ0n) is 11.8. The van der Waals surface area contributed by atoms with Crippen LogP contribution < -0.4 is 0 Å². The first-order valence-electron chi connectivity index (χ1n) is 6.91. The van der Waals surface area contributed by atoms with Crippen LogP contribution in [0.4, 0.5) is 0 Å². The second-order valence-corrected chi connectivity index (χ2v) is 6.95. The van der Waals surface area contributed by atoms with Crippen molar-refractivity contribution in [2.24, 2.45) is 11.8 Å². The van der Waals surface area contributed by atoms with Crippen molar-refractivity contribution in [3.63, 3.8) is 0 Å². The van der Waals surface area contributed by atoms with Gasteiger partial charge < -0.3 is 9.84 Å². The van der Waals surface area contributed by atoms with Crippen LogP contribution in [0.1, 0.15) is 53.2 Å². The van der Waals surface area contributed by atoms with E-state index >= 15 is 0 Å². The Hall–Kier alpha value is -0.870. The fourth-order valence-electron chi connectivity index (χ4n) is 2.63. The zero-order chi connectivity index (χ0) is 14.0. The molecule has 1 N–H and O–H groups in total. The first kappa shape index (κ1) is 14.5. The number of aromatic carboxylic acids is 1. The summed E-state index contributed by atoms with van der Waals surface area (Å²) in [7, 11) is 0. The van der Waals surface area contributed by atoms with Crippen LogP contribution >= 0.6 is 11.3 Å². The fraction of sp³-hybridized carbons (Fsp3) is 0.667. The first-order chi connectivity index (χ1) is 8.97. The Morgan fingerprint density at radius 3 is 2.74 bits per heavy atom. The number of carboxylic acids is 1. The van der Waals surface area contributed by atoms with Crippen molar-refractivity contribution >= 4 is 17.3 Å². The highest BCUT2D eigenvalue weighted by Gasteiger charge is 2.25. The van der Waals surface area contributed by atoms with Gasteiger partial charge >= 0.3 is 5.97 Å². The molecule has 1 saturated carbocycles. The van der Waals surface area contributed by atoms with Gasteiger partial charge in [0.15, 0.2) is 0 Å². The number of ether oxygens (including phenoxy) is 1. The molecule has 0 saturated heterocycles. The zero-order valence-corrected chi connectivity index (χ0v) is 12.6. The molecule has 0 radical (unpaired) electrons. The Kier molecular flexibility index (Phi) is 4.63. The summed E-state index contributed by atoms with van der Waals surface area (Å²) in [4.78, 5) is 12.4. The van der Waals surface area contributed by atoms with Crippen LogP contribution in [0.5, 0.6) is 0 Å². The van der Waals surface area contributed by atoms with Gasteiger partial charge in [-0.3, -0.25) is 0 Å². The normalized spacial score (nSPS) is 27.4. The van der Waals surface area contributed by atoms with Crippen molar-refractivity contribution in [1.82, 2.24) is 0 Å². The predicted octanol–water partition coefficient (Wildman–Crippen LogP) is 4.10. The Morgan fingerprint density at radius 2 is 2.16 bits per heavy atom. The van der Waals surface area contributed by atoms with Gasteiger partial charge in [-0.05, 0) is 49.7 Å². The number of aryl methyl sites for hydroxylation is 1. The first-order valence-corrected chi connectivity index (χ1v) is 7.73. The monoisotopic (exact) mass is 282 g/mol. The third-order valence-electron chi connectivity index (χ3n) is 4.26. The molecule has 0 spiro atoms. The van der Waals surface area contributed by atoms with Crippen LogP contribution in [0.25, 0.3) is 0 Å². The number of carboxylic acid groups (broad SMARTS) is 1.